The minimum absolute atomic E-state index is 0.233. The van der Waals surface area contributed by atoms with Gasteiger partial charge in [0, 0.05) is 0 Å². The van der Waals surface area contributed by atoms with E-state index in [0.29, 0.717) is 6.61 Å². The molecule has 0 aromatic carbocycles. The lowest BCUT2D eigenvalue weighted by atomic mass is 9.99. The molecule has 0 aromatic heterocycles. The lowest BCUT2D eigenvalue weighted by Crippen LogP contribution is -2.50. The molecule has 0 amide bonds. The van der Waals surface area contributed by atoms with Crippen molar-refractivity contribution < 1.29 is 14.2 Å². The molecule has 2 heterocycles. The van der Waals surface area contributed by atoms with Gasteiger partial charge in [0.2, 0.25) is 0 Å². The number of rotatable bonds is 0. The first-order chi connectivity index (χ1) is 5.54. The fourth-order valence-corrected chi connectivity index (χ4v) is 1.67. The molecule has 2 unspecified atom stereocenters. The predicted molar refractivity (Wildman–Crippen MR) is 43.9 cm³/mol. The van der Waals surface area contributed by atoms with Gasteiger partial charge in [-0.3, -0.25) is 0 Å². The largest absolute Gasteiger partial charge is 0.370 e. The van der Waals surface area contributed by atoms with Crippen LogP contribution in [-0.4, -0.2) is 30.7 Å². The molecule has 3 heteroatoms. The van der Waals surface area contributed by atoms with Crippen molar-refractivity contribution in [3.63, 3.8) is 0 Å². The van der Waals surface area contributed by atoms with Crippen molar-refractivity contribution >= 4 is 0 Å². The fourth-order valence-electron chi connectivity index (χ4n) is 1.67. The molecule has 0 N–H and O–H groups in total. The summed E-state index contributed by atoms with van der Waals surface area (Å²) in [4.78, 5) is 0. The standard InChI is InChI=1S/C9H16O3/c1-8(2)9(3)11-6-7(12-9)4-5-10-8/h7H,4-6H2,1-3H3. The van der Waals surface area contributed by atoms with E-state index in [2.05, 4.69) is 0 Å². The predicted octanol–water partition coefficient (Wildman–Crippen LogP) is 1.32. The first kappa shape index (κ1) is 8.48. The highest BCUT2D eigenvalue weighted by atomic mass is 16.8. The molecule has 0 aromatic rings. The molecule has 2 saturated heterocycles. The summed E-state index contributed by atoms with van der Waals surface area (Å²) in [7, 11) is 0. The zero-order valence-electron chi connectivity index (χ0n) is 7.92. The van der Waals surface area contributed by atoms with Crippen LogP contribution in [0.5, 0.6) is 0 Å². The third kappa shape index (κ3) is 1.08. The molecule has 2 aliphatic rings. The molecular formula is C9H16O3. The van der Waals surface area contributed by atoms with Crippen molar-refractivity contribution in [3.05, 3.63) is 0 Å². The normalized spacial score (nSPS) is 45.8. The second kappa shape index (κ2) is 2.44. The monoisotopic (exact) mass is 172 g/mol. The lowest BCUT2D eigenvalue weighted by molar-refractivity contribution is -0.254. The van der Waals surface area contributed by atoms with Crippen LogP contribution in [0.2, 0.25) is 0 Å². The van der Waals surface area contributed by atoms with E-state index in [1.807, 2.05) is 20.8 Å². The van der Waals surface area contributed by atoms with Gasteiger partial charge in [-0.1, -0.05) is 0 Å². The Balaban J connectivity index is 2.26. The Bertz CT molecular complexity index is 188. The maximum Gasteiger partial charge on any atom is 0.194 e. The topological polar surface area (TPSA) is 27.7 Å². The smallest absolute Gasteiger partial charge is 0.194 e. The van der Waals surface area contributed by atoms with Crippen LogP contribution in [0.4, 0.5) is 0 Å². The Morgan fingerprint density at radius 1 is 1.17 bits per heavy atom. The van der Waals surface area contributed by atoms with E-state index in [4.69, 9.17) is 14.2 Å². The van der Waals surface area contributed by atoms with Crippen molar-refractivity contribution in [2.24, 2.45) is 0 Å². The van der Waals surface area contributed by atoms with Crippen LogP contribution in [0.25, 0.3) is 0 Å². The number of hydrogen-bond donors (Lipinski definition) is 0. The molecular weight excluding hydrogens is 156 g/mol. The van der Waals surface area contributed by atoms with Gasteiger partial charge in [-0.15, -0.1) is 0 Å². The minimum atomic E-state index is -0.547. The van der Waals surface area contributed by atoms with Crippen LogP contribution in [0.15, 0.2) is 0 Å². The maximum absolute atomic E-state index is 5.78. The summed E-state index contributed by atoms with van der Waals surface area (Å²) >= 11 is 0. The van der Waals surface area contributed by atoms with Crippen molar-refractivity contribution in [2.75, 3.05) is 13.2 Å². The van der Waals surface area contributed by atoms with Gasteiger partial charge in [0.15, 0.2) is 5.79 Å². The Hall–Kier alpha value is -0.120. The Morgan fingerprint density at radius 3 is 2.67 bits per heavy atom. The third-order valence-electron chi connectivity index (χ3n) is 2.93. The van der Waals surface area contributed by atoms with E-state index in [9.17, 15) is 0 Å². The van der Waals surface area contributed by atoms with Crippen LogP contribution in [0.1, 0.15) is 27.2 Å². The SMILES string of the molecule is CC1(C)OCCC2COC1(C)O2. The molecule has 70 valence electrons. The van der Waals surface area contributed by atoms with Gasteiger partial charge in [-0.2, -0.15) is 0 Å². The minimum Gasteiger partial charge on any atom is -0.370 e. The fraction of sp³-hybridized carbons (Fsp3) is 1.00. The Morgan fingerprint density at radius 2 is 1.92 bits per heavy atom. The van der Waals surface area contributed by atoms with Crippen molar-refractivity contribution in [1.29, 1.82) is 0 Å². The molecule has 2 fully saturated rings. The molecule has 0 aliphatic carbocycles. The summed E-state index contributed by atoms with van der Waals surface area (Å²) in [5, 5.41) is 0. The highest BCUT2D eigenvalue weighted by molar-refractivity contribution is 4.92. The zero-order valence-corrected chi connectivity index (χ0v) is 7.92. The summed E-state index contributed by atoms with van der Waals surface area (Å²) in [6.07, 6.45) is 1.18. The van der Waals surface area contributed by atoms with Gasteiger partial charge in [0.1, 0.15) is 5.60 Å². The second-order valence-corrected chi connectivity index (χ2v) is 4.14. The van der Waals surface area contributed by atoms with E-state index >= 15 is 0 Å². The van der Waals surface area contributed by atoms with Crippen molar-refractivity contribution in [2.45, 2.75) is 44.7 Å². The second-order valence-electron chi connectivity index (χ2n) is 4.14. The van der Waals surface area contributed by atoms with Crippen LogP contribution < -0.4 is 0 Å². The third-order valence-corrected chi connectivity index (χ3v) is 2.93. The Kier molecular flexibility index (Phi) is 1.72. The number of hydrogen-bond acceptors (Lipinski definition) is 3. The molecule has 2 rings (SSSR count). The highest BCUT2D eigenvalue weighted by Crippen LogP contribution is 2.39. The molecule has 2 atom stereocenters. The van der Waals surface area contributed by atoms with Crippen molar-refractivity contribution in [3.8, 4) is 0 Å². The van der Waals surface area contributed by atoms with Gasteiger partial charge in [-0.05, 0) is 27.2 Å². The molecule has 0 spiro atoms. The molecule has 12 heavy (non-hydrogen) atoms. The van der Waals surface area contributed by atoms with E-state index in [-0.39, 0.29) is 11.7 Å². The first-order valence-electron chi connectivity index (χ1n) is 4.49. The van der Waals surface area contributed by atoms with Crippen LogP contribution in [0.3, 0.4) is 0 Å². The van der Waals surface area contributed by atoms with Crippen LogP contribution in [-0.2, 0) is 14.2 Å². The number of ether oxygens (including phenoxy) is 3. The molecule has 0 radical (unpaired) electrons. The zero-order chi connectivity index (χ0) is 8.82. The van der Waals surface area contributed by atoms with Crippen LogP contribution in [0, 0.1) is 0 Å². The average molecular weight is 172 g/mol. The van der Waals surface area contributed by atoms with E-state index in [1.54, 1.807) is 0 Å². The first-order valence-corrected chi connectivity index (χ1v) is 4.49. The van der Waals surface area contributed by atoms with E-state index < -0.39 is 5.79 Å². The molecule has 2 bridgehead atoms. The molecule has 3 nitrogen and oxygen atoms in total. The van der Waals surface area contributed by atoms with Gasteiger partial charge in [0.25, 0.3) is 0 Å². The van der Waals surface area contributed by atoms with Crippen molar-refractivity contribution in [1.82, 2.24) is 0 Å². The van der Waals surface area contributed by atoms with E-state index in [0.717, 1.165) is 13.0 Å². The summed E-state index contributed by atoms with van der Waals surface area (Å²) in [6, 6.07) is 0. The maximum atomic E-state index is 5.78. The highest BCUT2D eigenvalue weighted by Gasteiger charge is 2.52. The average Bonchev–Trinajstić information content (AvgIpc) is 2.28. The van der Waals surface area contributed by atoms with Gasteiger partial charge >= 0.3 is 0 Å². The van der Waals surface area contributed by atoms with Crippen LogP contribution >= 0.6 is 0 Å². The summed E-state index contributed by atoms with van der Waals surface area (Å²) in [6.45, 7) is 7.47. The number of fused-ring (bicyclic) bond motifs is 2. The van der Waals surface area contributed by atoms with Gasteiger partial charge < -0.3 is 14.2 Å². The quantitative estimate of drug-likeness (QED) is 0.551. The van der Waals surface area contributed by atoms with Gasteiger partial charge in [0.05, 0.1) is 19.3 Å². The summed E-state index contributed by atoms with van der Waals surface area (Å²) in [5.41, 5.74) is -0.335. The Labute approximate surface area is 73.0 Å². The van der Waals surface area contributed by atoms with E-state index in [1.165, 1.54) is 0 Å². The molecule has 2 aliphatic heterocycles. The molecule has 0 saturated carbocycles. The summed E-state index contributed by atoms with van der Waals surface area (Å²) < 4.78 is 17.1. The lowest BCUT2D eigenvalue weighted by Gasteiger charge is -2.37. The van der Waals surface area contributed by atoms with Gasteiger partial charge in [-0.25, -0.2) is 0 Å². The summed E-state index contributed by atoms with van der Waals surface area (Å²) in [5.74, 6) is -0.547.